The van der Waals surface area contributed by atoms with Gasteiger partial charge in [-0.3, -0.25) is 14.4 Å². The molecule has 6 heteroatoms. The van der Waals surface area contributed by atoms with Crippen molar-refractivity contribution in [1.82, 2.24) is 10.6 Å². The highest BCUT2D eigenvalue weighted by Crippen LogP contribution is 2.10. The Labute approximate surface area is 99.8 Å². The molecule has 0 aromatic carbocycles. The van der Waals surface area contributed by atoms with Crippen LogP contribution in [0.5, 0.6) is 0 Å². The van der Waals surface area contributed by atoms with E-state index in [0.29, 0.717) is 12.8 Å². The highest BCUT2D eigenvalue weighted by molar-refractivity contribution is 5.91. The summed E-state index contributed by atoms with van der Waals surface area (Å²) in [5.74, 6) is -1.34. The molecule has 1 fully saturated rings. The smallest absolute Gasteiger partial charge is 0.305 e. The van der Waals surface area contributed by atoms with Crippen molar-refractivity contribution in [3.8, 4) is 0 Å². The minimum absolute atomic E-state index is 0.0344. The van der Waals surface area contributed by atoms with Crippen LogP contribution >= 0.6 is 0 Å². The first-order valence-electron chi connectivity index (χ1n) is 5.71. The molecule has 1 saturated heterocycles. The predicted molar refractivity (Wildman–Crippen MR) is 60.2 cm³/mol. The zero-order valence-electron chi connectivity index (χ0n) is 10.0. The van der Waals surface area contributed by atoms with Gasteiger partial charge in [0.1, 0.15) is 6.04 Å². The number of carbonyl (C=O) groups excluding carboxylic acids is 2. The molecule has 1 heterocycles. The molecule has 0 saturated carbocycles. The van der Waals surface area contributed by atoms with Gasteiger partial charge in [-0.1, -0.05) is 13.8 Å². The summed E-state index contributed by atoms with van der Waals surface area (Å²) < 4.78 is 0. The van der Waals surface area contributed by atoms with E-state index < -0.39 is 18.1 Å². The highest BCUT2D eigenvalue weighted by Gasteiger charge is 2.29. The van der Waals surface area contributed by atoms with E-state index in [-0.39, 0.29) is 24.2 Å². The first-order chi connectivity index (χ1) is 7.90. The van der Waals surface area contributed by atoms with E-state index >= 15 is 0 Å². The molecule has 0 radical (unpaired) electrons. The fourth-order valence-corrected chi connectivity index (χ4v) is 1.74. The summed E-state index contributed by atoms with van der Waals surface area (Å²) in [5.41, 5.74) is 0. The van der Waals surface area contributed by atoms with Gasteiger partial charge in [0.2, 0.25) is 11.8 Å². The quantitative estimate of drug-likeness (QED) is 0.626. The van der Waals surface area contributed by atoms with E-state index in [9.17, 15) is 14.4 Å². The molecular formula is C11H18N2O4. The number of hydrogen-bond donors (Lipinski definition) is 3. The van der Waals surface area contributed by atoms with Gasteiger partial charge in [-0.25, -0.2) is 0 Å². The normalized spacial score (nSPS) is 21.1. The van der Waals surface area contributed by atoms with Crippen LogP contribution in [0.25, 0.3) is 0 Å². The molecule has 0 spiro atoms. The topological polar surface area (TPSA) is 95.5 Å². The molecule has 2 amide bonds. The SMILES string of the molecule is CC(C)C(CC(=O)O)NC(=O)[C@@H]1CCC(=O)N1. The average molecular weight is 242 g/mol. The lowest BCUT2D eigenvalue weighted by Crippen LogP contribution is -2.48. The van der Waals surface area contributed by atoms with Gasteiger partial charge in [0.05, 0.1) is 6.42 Å². The zero-order valence-corrected chi connectivity index (χ0v) is 10.0. The number of rotatable bonds is 5. The Morgan fingerprint density at radius 3 is 2.59 bits per heavy atom. The number of hydrogen-bond acceptors (Lipinski definition) is 3. The van der Waals surface area contributed by atoms with Crippen LogP contribution in [0.2, 0.25) is 0 Å². The van der Waals surface area contributed by atoms with Crippen molar-refractivity contribution < 1.29 is 19.5 Å². The van der Waals surface area contributed by atoms with E-state index in [0.717, 1.165) is 0 Å². The molecule has 96 valence electrons. The van der Waals surface area contributed by atoms with Crippen molar-refractivity contribution >= 4 is 17.8 Å². The lowest BCUT2D eigenvalue weighted by atomic mass is 10.0. The van der Waals surface area contributed by atoms with E-state index in [2.05, 4.69) is 10.6 Å². The minimum atomic E-state index is -0.945. The fourth-order valence-electron chi connectivity index (χ4n) is 1.74. The Balaban J connectivity index is 2.52. The second-order valence-electron chi connectivity index (χ2n) is 4.62. The van der Waals surface area contributed by atoms with Gasteiger partial charge in [-0.2, -0.15) is 0 Å². The summed E-state index contributed by atoms with van der Waals surface area (Å²) >= 11 is 0. The lowest BCUT2D eigenvalue weighted by molar-refractivity contribution is -0.138. The average Bonchev–Trinajstić information content (AvgIpc) is 2.63. The lowest BCUT2D eigenvalue weighted by Gasteiger charge is -2.22. The van der Waals surface area contributed by atoms with Gasteiger partial charge in [0.25, 0.3) is 0 Å². The van der Waals surface area contributed by atoms with E-state index in [1.165, 1.54) is 0 Å². The zero-order chi connectivity index (χ0) is 13.0. The van der Waals surface area contributed by atoms with Gasteiger partial charge in [0.15, 0.2) is 0 Å². The molecule has 6 nitrogen and oxygen atoms in total. The van der Waals surface area contributed by atoms with Gasteiger partial charge in [0, 0.05) is 12.5 Å². The summed E-state index contributed by atoms with van der Waals surface area (Å²) in [4.78, 5) is 33.4. The second-order valence-corrected chi connectivity index (χ2v) is 4.62. The standard InChI is InChI=1S/C11H18N2O4/c1-6(2)8(5-10(15)16)13-11(17)7-3-4-9(14)12-7/h6-8H,3-5H2,1-2H3,(H,12,14)(H,13,17)(H,15,16)/t7-,8?/m0/s1. The minimum Gasteiger partial charge on any atom is -0.481 e. The number of carbonyl (C=O) groups is 3. The van der Waals surface area contributed by atoms with Crippen LogP contribution < -0.4 is 10.6 Å². The Bertz CT molecular complexity index is 327. The van der Waals surface area contributed by atoms with Gasteiger partial charge >= 0.3 is 5.97 Å². The number of carboxylic acid groups (broad SMARTS) is 1. The molecular weight excluding hydrogens is 224 g/mol. The summed E-state index contributed by atoms with van der Waals surface area (Å²) in [6.45, 7) is 3.70. The van der Waals surface area contributed by atoms with Gasteiger partial charge < -0.3 is 15.7 Å². The van der Waals surface area contributed by atoms with Crippen molar-refractivity contribution in [3.63, 3.8) is 0 Å². The first kappa shape index (κ1) is 13.5. The van der Waals surface area contributed by atoms with Crippen LogP contribution in [0.1, 0.15) is 33.1 Å². The van der Waals surface area contributed by atoms with E-state index in [4.69, 9.17) is 5.11 Å². The number of aliphatic carboxylic acids is 1. The summed E-state index contributed by atoms with van der Waals surface area (Å²) in [6.07, 6.45) is 0.718. The van der Waals surface area contributed by atoms with Gasteiger partial charge in [-0.05, 0) is 12.3 Å². The van der Waals surface area contributed by atoms with E-state index in [1.54, 1.807) is 0 Å². The molecule has 3 N–H and O–H groups in total. The molecule has 0 aromatic heterocycles. The summed E-state index contributed by atoms with van der Waals surface area (Å²) in [5, 5.41) is 14.0. The fraction of sp³-hybridized carbons (Fsp3) is 0.727. The molecule has 1 aliphatic heterocycles. The molecule has 1 aliphatic rings. The van der Waals surface area contributed by atoms with E-state index in [1.807, 2.05) is 13.8 Å². The Hall–Kier alpha value is -1.59. The summed E-state index contributed by atoms with van der Waals surface area (Å²) in [7, 11) is 0. The van der Waals surface area contributed by atoms with Crippen molar-refractivity contribution in [2.75, 3.05) is 0 Å². The number of amides is 2. The predicted octanol–water partition coefficient (Wildman–Crippen LogP) is -0.119. The molecule has 1 rings (SSSR count). The maximum atomic E-state index is 11.8. The van der Waals surface area contributed by atoms with Crippen molar-refractivity contribution in [3.05, 3.63) is 0 Å². The third kappa shape index (κ3) is 4.05. The first-order valence-corrected chi connectivity index (χ1v) is 5.71. The molecule has 0 aromatic rings. The van der Waals surface area contributed by atoms with Crippen LogP contribution in [0.3, 0.4) is 0 Å². The molecule has 1 unspecified atom stereocenters. The van der Waals surface area contributed by atoms with Crippen LogP contribution in [-0.2, 0) is 14.4 Å². The molecule has 0 aliphatic carbocycles. The Morgan fingerprint density at radius 1 is 1.53 bits per heavy atom. The maximum Gasteiger partial charge on any atom is 0.305 e. The number of nitrogens with one attached hydrogen (secondary N) is 2. The number of carboxylic acids is 1. The molecule has 0 bridgehead atoms. The van der Waals surface area contributed by atoms with Crippen molar-refractivity contribution in [1.29, 1.82) is 0 Å². The molecule has 2 atom stereocenters. The van der Waals surface area contributed by atoms with Crippen LogP contribution in [-0.4, -0.2) is 35.0 Å². The van der Waals surface area contributed by atoms with Crippen LogP contribution in [0.4, 0.5) is 0 Å². The highest BCUT2D eigenvalue weighted by atomic mass is 16.4. The third-order valence-corrected chi connectivity index (χ3v) is 2.84. The Kier molecular flexibility index (Phi) is 4.48. The second kappa shape index (κ2) is 5.65. The maximum absolute atomic E-state index is 11.8. The van der Waals surface area contributed by atoms with Crippen LogP contribution in [0, 0.1) is 5.92 Å². The monoisotopic (exact) mass is 242 g/mol. The Morgan fingerprint density at radius 2 is 2.18 bits per heavy atom. The van der Waals surface area contributed by atoms with Gasteiger partial charge in [-0.15, -0.1) is 0 Å². The van der Waals surface area contributed by atoms with Crippen molar-refractivity contribution in [2.45, 2.75) is 45.2 Å². The van der Waals surface area contributed by atoms with Crippen molar-refractivity contribution in [2.24, 2.45) is 5.92 Å². The third-order valence-electron chi connectivity index (χ3n) is 2.84. The summed E-state index contributed by atoms with van der Waals surface area (Å²) in [6, 6.07) is -0.921. The largest absolute Gasteiger partial charge is 0.481 e. The van der Waals surface area contributed by atoms with Crippen LogP contribution in [0.15, 0.2) is 0 Å². The molecule has 17 heavy (non-hydrogen) atoms.